The number of benzene rings is 2. The van der Waals surface area contributed by atoms with Crippen LogP contribution in [0.5, 0.6) is 0 Å². The lowest BCUT2D eigenvalue weighted by Gasteiger charge is -2.21. The molecule has 0 aliphatic carbocycles. The first kappa shape index (κ1) is 32.8. The van der Waals surface area contributed by atoms with Crippen LogP contribution < -0.4 is 10.6 Å². The highest BCUT2D eigenvalue weighted by molar-refractivity contribution is 7.94. The molecule has 0 saturated carbocycles. The first-order valence-corrected chi connectivity index (χ1v) is 15.7. The Labute approximate surface area is 250 Å². The predicted molar refractivity (Wildman–Crippen MR) is 166 cm³/mol. The molecule has 1 aromatic heterocycles. The lowest BCUT2D eigenvalue weighted by Crippen LogP contribution is -2.27. The minimum absolute atomic E-state index is 0.0382. The summed E-state index contributed by atoms with van der Waals surface area (Å²) in [5, 5.41) is 7.50. The van der Waals surface area contributed by atoms with E-state index in [1.807, 2.05) is 23.6 Å². The molecule has 0 radical (unpaired) electrons. The largest absolute Gasteiger partial charge is 0.444 e. The standard InChI is InChI=1S/C30H37N3O7S2/c1-29(2,3)39-27(35)32-23-15-12-21(25-9-8-17-41-25)19-24(23)31-26(34)20-10-13-22(14-11-20)42(37,18-16-38-7)33-28(36)40-30(4,5)6/h8-15,17,19H,16,18H2,1-7H3,(H,31,34)(H,32,35). The van der Waals surface area contributed by atoms with Gasteiger partial charge in [0.05, 0.1) is 33.5 Å². The van der Waals surface area contributed by atoms with Crippen LogP contribution in [0, 0.1) is 0 Å². The first-order valence-electron chi connectivity index (χ1n) is 13.1. The molecule has 12 heteroatoms. The number of rotatable bonds is 8. The second kappa shape index (κ2) is 13.5. The fraction of sp³-hybridized carbons (Fsp3) is 0.367. The molecule has 0 saturated heterocycles. The Hall–Kier alpha value is -3.74. The highest BCUT2D eigenvalue weighted by atomic mass is 32.2. The van der Waals surface area contributed by atoms with Crippen LogP contribution in [0.1, 0.15) is 51.9 Å². The van der Waals surface area contributed by atoms with Crippen LogP contribution in [-0.2, 0) is 23.9 Å². The lowest BCUT2D eigenvalue weighted by atomic mass is 10.1. The molecule has 1 atom stereocenters. The van der Waals surface area contributed by atoms with Crippen molar-refractivity contribution in [1.29, 1.82) is 0 Å². The molecule has 0 spiro atoms. The fourth-order valence-corrected chi connectivity index (χ4v) is 5.98. The van der Waals surface area contributed by atoms with Gasteiger partial charge in [0, 0.05) is 22.4 Å². The summed E-state index contributed by atoms with van der Waals surface area (Å²) in [4.78, 5) is 39.4. The molecule has 10 nitrogen and oxygen atoms in total. The molecule has 3 aromatic rings. The Bertz CT molecular complexity index is 1530. The zero-order valence-electron chi connectivity index (χ0n) is 24.8. The van der Waals surface area contributed by atoms with Crippen molar-refractivity contribution >= 4 is 50.5 Å². The molecular weight excluding hydrogens is 578 g/mol. The van der Waals surface area contributed by atoms with E-state index in [0.717, 1.165) is 10.4 Å². The third-order valence-corrected chi connectivity index (χ3v) is 8.47. The molecule has 3 amide bonds. The number of hydrogen-bond donors (Lipinski definition) is 2. The van der Waals surface area contributed by atoms with Crippen LogP contribution in [0.2, 0.25) is 0 Å². The molecule has 0 aliphatic heterocycles. The molecule has 226 valence electrons. The number of nitrogens with one attached hydrogen (secondary N) is 2. The number of methoxy groups -OCH3 is 1. The van der Waals surface area contributed by atoms with E-state index in [0.29, 0.717) is 11.4 Å². The first-order chi connectivity index (χ1) is 19.6. The minimum atomic E-state index is -3.24. The van der Waals surface area contributed by atoms with E-state index in [1.54, 1.807) is 65.0 Å². The van der Waals surface area contributed by atoms with Gasteiger partial charge in [-0.1, -0.05) is 12.1 Å². The van der Waals surface area contributed by atoms with Gasteiger partial charge in [-0.05, 0) is 95.0 Å². The summed E-state index contributed by atoms with van der Waals surface area (Å²) in [7, 11) is -1.78. The van der Waals surface area contributed by atoms with E-state index < -0.39 is 39.0 Å². The normalized spacial score (nSPS) is 13.0. The lowest BCUT2D eigenvalue weighted by molar-refractivity contribution is 0.0603. The Balaban J connectivity index is 1.90. The molecule has 2 aromatic carbocycles. The molecule has 2 N–H and O–H groups in total. The van der Waals surface area contributed by atoms with Gasteiger partial charge in [0.15, 0.2) is 0 Å². The summed E-state index contributed by atoms with van der Waals surface area (Å²) in [5.41, 5.74) is 0.325. The average Bonchev–Trinajstić information content (AvgIpc) is 3.41. The molecule has 1 unspecified atom stereocenters. The predicted octanol–water partition coefficient (Wildman–Crippen LogP) is 7.42. The quantitative estimate of drug-likeness (QED) is 0.269. The molecule has 3 rings (SSSR count). The number of carbonyl (C=O) groups excluding carboxylic acids is 3. The summed E-state index contributed by atoms with van der Waals surface area (Å²) in [6, 6.07) is 15.1. The topological polar surface area (TPSA) is 132 Å². The van der Waals surface area contributed by atoms with Crippen molar-refractivity contribution < 1.29 is 32.8 Å². The van der Waals surface area contributed by atoms with Gasteiger partial charge in [-0.2, -0.15) is 0 Å². The van der Waals surface area contributed by atoms with Crippen LogP contribution in [0.4, 0.5) is 21.0 Å². The van der Waals surface area contributed by atoms with Crippen molar-refractivity contribution in [2.75, 3.05) is 30.1 Å². The number of ether oxygens (including phenoxy) is 3. The van der Waals surface area contributed by atoms with Crippen molar-refractivity contribution in [2.45, 2.75) is 57.6 Å². The second-order valence-corrected chi connectivity index (χ2v) is 14.5. The monoisotopic (exact) mass is 615 g/mol. The maximum Gasteiger partial charge on any atom is 0.442 e. The van der Waals surface area contributed by atoms with Gasteiger partial charge in [-0.25, -0.2) is 13.8 Å². The van der Waals surface area contributed by atoms with Crippen LogP contribution in [0.25, 0.3) is 10.4 Å². The highest BCUT2D eigenvalue weighted by Gasteiger charge is 2.22. The van der Waals surface area contributed by atoms with E-state index in [-0.39, 0.29) is 22.8 Å². The molecule has 0 aliphatic rings. The van der Waals surface area contributed by atoms with Crippen LogP contribution >= 0.6 is 11.3 Å². The minimum Gasteiger partial charge on any atom is -0.444 e. The Morgan fingerprint density at radius 3 is 2.12 bits per heavy atom. The van der Waals surface area contributed by atoms with E-state index in [9.17, 15) is 18.6 Å². The SMILES string of the molecule is COCCS(=O)(=NC(=O)OC(C)(C)C)c1ccc(C(=O)Nc2cc(-c3cccs3)ccc2NC(=O)OC(C)(C)C)cc1. The van der Waals surface area contributed by atoms with E-state index in [1.165, 1.54) is 31.4 Å². The summed E-state index contributed by atoms with van der Waals surface area (Å²) in [5.74, 6) is -0.506. The van der Waals surface area contributed by atoms with Crippen molar-refractivity contribution in [3.8, 4) is 10.4 Å². The summed E-state index contributed by atoms with van der Waals surface area (Å²) in [6.45, 7) is 10.4. The fourth-order valence-electron chi connectivity index (χ4n) is 3.59. The zero-order valence-corrected chi connectivity index (χ0v) is 26.4. The van der Waals surface area contributed by atoms with Gasteiger partial charge in [0.2, 0.25) is 0 Å². The average molecular weight is 616 g/mol. The van der Waals surface area contributed by atoms with E-state index >= 15 is 0 Å². The van der Waals surface area contributed by atoms with Gasteiger partial charge in [0.1, 0.15) is 11.2 Å². The number of thiophene rings is 1. The zero-order chi connectivity index (χ0) is 31.1. The molecule has 42 heavy (non-hydrogen) atoms. The highest BCUT2D eigenvalue weighted by Crippen LogP contribution is 2.32. The van der Waals surface area contributed by atoms with Gasteiger partial charge < -0.3 is 19.5 Å². The molecule has 0 bridgehead atoms. The van der Waals surface area contributed by atoms with Gasteiger partial charge >= 0.3 is 12.2 Å². The van der Waals surface area contributed by atoms with Gasteiger partial charge in [-0.3, -0.25) is 10.1 Å². The number of anilines is 2. The number of nitrogens with zero attached hydrogens (tertiary/aromatic N) is 1. The second-order valence-electron chi connectivity index (χ2n) is 11.3. The Kier molecular flexibility index (Phi) is 10.5. The Morgan fingerprint density at radius 2 is 1.55 bits per heavy atom. The van der Waals surface area contributed by atoms with Crippen LogP contribution in [0.3, 0.4) is 0 Å². The van der Waals surface area contributed by atoms with Crippen molar-refractivity contribution in [3.63, 3.8) is 0 Å². The molecule has 0 fully saturated rings. The van der Waals surface area contributed by atoms with Crippen LogP contribution in [0.15, 0.2) is 69.2 Å². The summed E-state index contributed by atoms with van der Waals surface area (Å²) >= 11 is 1.54. The number of amides is 3. The number of hydrogen-bond acceptors (Lipinski definition) is 8. The van der Waals surface area contributed by atoms with Crippen LogP contribution in [-0.4, -0.2) is 53.0 Å². The van der Waals surface area contributed by atoms with Crippen molar-refractivity contribution in [2.24, 2.45) is 4.36 Å². The Morgan fingerprint density at radius 1 is 0.881 bits per heavy atom. The third-order valence-electron chi connectivity index (χ3n) is 5.37. The third kappa shape index (κ3) is 9.68. The summed E-state index contributed by atoms with van der Waals surface area (Å²) < 4.78 is 33.3. The van der Waals surface area contributed by atoms with E-state index in [2.05, 4.69) is 15.0 Å². The molecular formula is C30H37N3O7S2. The molecule has 1 heterocycles. The maximum atomic E-state index is 13.7. The summed E-state index contributed by atoms with van der Waals surface area (Å²) in [6.07, 6.45) is -1.60. The maximum absolute atomic E-state index is 13.7. The van der Waals surface area contributed by atoms with E-state index in [4.69, 9.17) is 14.2 Å². The van der Waals surface area contributed by atoms with Gasteiger partial charge in [0.25, 0.3) is 5.91 Å². The number of carbonyl (C=O) groups is 3. The smallest absolute Gasteiger partial charge is 0.442 e. The van der Waals surface area contributed by atoms with Crippen molar-refractivity contribution in [3.05, 3.63) is 65.5 Å². The van der Waals surface area contributed by atoms with Gasteiger partial charge in [-0.15, -0.1) is 15.7 Å². The van der Waals surface area contributed by atoms with Crippen molar-refractivity contribution in [1.82, 2.24) is 0 Å².